The normalized spacial score (nSPS) is 28.4. The second-order valence-corrected chi connectivity index (χ2v) is 5.22. The van der Waals surface area contributed by atoms with Crippen molar-refractivity contribution in [3.63, 3.8) is 0 Å². The zero-order valence-electron chi connectivity index (χ0n) is 10.8. The van der Waals surface area contributed by atoms with Crippen molar-refractivity contribution in [1.82, 2.24) is 10.3 Å². The van der Waals surface area contributed by atoms with Crippen LogP contribution in [0.15, 0.2) is 12.1 Å². The number of nitrogens with two attached hydrogens (primary N) is 1. The molecule has 0 aromatic carbocycles. The number of carbonyl (C=O) groups excluding carboxylic acids is 1. The van der Waals surface area contributed by atoms with Crippen molar-refractivity contribution in [2.45, 2.75) is 44.4 Å². The van der Waals surface area contributed by atoms with Gasteiger partial charge in [-0.25, -0.2) is 10.8 Å². The van der Waals surface area contributed by atoms with E-state index in [2.05, 4.69) is 15.7 Å². The predicted octanol–water partition coefficient (Wildman–Crippen LogP) is 0.725. The maximum atomic E-state index is 12.2. The van der Waals surface area contributed by atoms with Gasteiger partial charge < -0.3 is 15.5 Å². The van der Waals surface area contributed by atoms with Crippen LogP contribution in [-0.4, -0.2) is 29.1 Å². The highest BCUT2D eigenvalue weighted by Gasteiger charge is 2.41. The fraction of sp³-hybridized carbons (Fsp3) is 0.538. The van der Waals surface area contributed by atoms with Crippen LogP contribution < -0.4 is 16.6 Å². The lowest BCUT2D eigenvalue weighted by molar-refractivity contribution is 0.0841. The van der Waals surface area contributed by atoms with Crippen LogP contribution in [-0.2, 0) is 4.74 Å². The molecule has 2 saturated heterocycles. The highest BCUT2D eigenvalue weighted by Crippen LogP contribution is 2.34. The summed E-state index contributed by atoms with van der Waals surface area (Å²) in [5, 5.41) is 3.04. The SMILES string of the molecule is Cc1cc(C(=O)NC2CC3CCC2O3)cc(NN)n1. The van der Waals surface area contributed by atoms with Crippen molar-refractivity contribution < 1.29 is 9.53 Å². The lowest BCUT2D eigenvalue weighted by Gasteiger charge is -2.20. The standard InChI is InChI=1S/C13H18N4O2/c1-7-4-8(5-12(15-7)17-14)13(18)16-10-6-9-2-3-11(10)19-9/h4-5,9-11H,2-3,6,14H2,1H3,(H,15,17)(H,16,18). The molecule has 1 amide bonds. The summed E-state index contributed by atoms with van der Waals surface area (Å²) in [6.07, 6.45) is 3.59. The highest BCUT2D eigenvalue weighted by atomic mass is 16.5. The van der Waals surface area contributed by atoms with Gasteiger partial charge >= 0.3 is 0 Å². The predicted molar refractivity (Wildman–Crippen MR) is 70.6 cm³/mol. The van der Waals surface area contributed by atoms with E-state index in [-0.39, 0.29) is 18.1 Å². The molecule has 2 bridgehead atoms. The number of ether oxygens (including phenoxy) is 1. The molecule has 1 aromatic rings. The van der Waals surface area contributed by atoms with Gasteiger partial charge in [-0.15, -0.1) is 0 Å². The molecule has 6 heteroatoms. The molecular weight excluding hydrogens is 244 g/mol. The third-order valence-corrected chi connectivity index (χ3v) is 3.79. The first-order valence-electron chi connectivity index (χ1n) is 6.57. The quantitative estimate of drug-likeness (QED) is 0.552. The highest BCUT2D eigenvalue weighted by molar-refractivity contribution is 5.95. The van der Waals surface area contributed by atoms with Crippen LogP contribution in [0.1, 0.15) is 35.3 Å². The number of amides is 1. The first-order valence-corrected chi connectivity index (χ1v) is 6.57. The summed E-state index contributed by atoms with van der Waals surface area (Å²) in [4.78, 5) is 16.4. The Bertz CT molecular complexity index is 505. The number of aromatic nitrogens is 1. The van der Waals surface area contributed by atoms with E-state index in [1.165, 1.54) is 0 Å². The Morgan fingerprint density at radius 3 is 2.95 bits per heavy atom. The number of rotatable bonds is 3. The maximum absolute atomic E-state index is 12.2. The summed E-state index contributed by atoms with van der Waals surface area (Å²) in [5.41, 5.74) is 3.79. The number of carbonyl (C=O) groups is 1. The minimum absolute atomic E-state index is 0.0943. The van der Waals surface area contributed by atoms with E-state index in [1.807, 2.05) is 6.92 Å². The van der Waals surface area contributed by atoms with Gasteiger partial charge in [0.25, 0.3) is 5.91 Å². The number of hydrogen-bond acceptors (Lipinski definition) is 5. The van der Waals surface area contributed by atoms with E-state index >= 15 is 0 Å². The molecule has 0 radical (unpaired) electrons. The van der Waals surface area contributed by atoms with Crippen molar-refractivity contribution in [3.05, 3.63) is 23.4 Å². The summed E-state index contributed by atoms with van der Waals surface area (Å²) >= 11 is 0. The van der Waals surface area contributed by atoms with E-state index < -0.39 is 0 Å². The zero-order chi connectivity index (χ0) is 13.4. The van der Waals surface area contributed by atoms with E-state index in [4.69, 9.17) is 10.6 Å². The molecule has 3 atom stereocenters. The summed E-state index contributed by atoms with van der Waals surface area (Å²) in [6, 6.07) is 3.54. The maximum Gasteiger partial charge on any atom is 0.251 e. The Labute approximate surface area is 111 Å². The summed E-state index contributed by atoms with van der Waals surface area (Å²) < 4.78 is 5.73. The van der Waals surface area contributed by atoms with Crippen LogP contribution in [0, 0.1) is 6.92 Å². The number of nitrogens with zero attached hydrogens (tertiary/aromatic N) is 1. The Hall–Kier alpha value is -1.66. The zero-order valence-corrected chi connectivity index (χ0v) is 10.8. The molecule has 3 heterocycles. The van der Waals surface area contributed by atoms with Crippen molar-refractivity contribution in [2.75, 3.05) is 5.43 Å². The van der Waals surface area contributed by atoms with Gasteiger partial charge in [0.1, 0.15) is 5.82 Å². The molecule has 2 aliphatic rings. The number of fused-ring (bicyclic) bond motifs is 2. The van der Waals surface area contributed by atoms with E-state index in [0.717, 1.165) is 25.0 Å². The van der Waals surface area contributed by atoms with Gasteiger partial charge in [0.15, 0.2) is 0 Å². The molecule has 0 aliphatic carbocycles. The lowest BCUT2D eigenvalue weighted by atomic mass is 9.95. The molecule has 0 saturated carbocycles. The number of anilines is 1. The van der Waals surface area contributed by atoms with Crippen LogP contribution in [0.25, 0.3) is 0 Å². The Morgan fingerprint density at radius 2 is 2.32 bits per heavy atom. The minimum Gasteiger partial charge on any atom is -0.373 e. The Kier molecular flexibility index (Phi) is 3.12. The number of pyridine rings is 1. The van der Waals surface area contributed by atoms with Crippen LogP contribution in [0.5, 0.6) is 0 Å². The van der Waals surface area contributed by atoms with Gasteiger partial charge in [-0.05, 0) is 38.3 Å². The topological polar surface area (TPSA) is 89.3 Å². The second-order valence-electron chi connectivity index (χ2n) is 5.22. The third-order valence-electron chi connectivity index (χ3n) is 3.79. The van der Waals surface area contributed by atoms with Gasteiger partial charge in [-0.1, -0.05) is 0 Å². The molecule has 3 rings (SSSR count). The number of aryl methyl sites for hydroxylation is 1. The van der Waals surface area contributed by atoms with Gasteiger partial charge in [0.2, 0.25) is 0 Å². The van der Waals surface area contributed by atoms with Crippen LogP contribution in [0.3, 0.4) is 0 Å². The monoisotopic (exact) mass is 262 g/mol. The van der Waals surface area contributed by atoms with Gasteiger partial charge in [-0.3, -0.25) is 4.79 Å². The molecule has 2 aliphatic heterocycles. The molecule has 1 aromatic heterocycles. The molecule has 2 fully saturated rings. The van der Waals surface area contributed by atoms with Crippen LogP contribution >= 0.6 is 0 Å². The van der Waals surface area contributed by atoms with Crippen molar-refractivity contribution >= 4 is 11.7 Å². The van der Waals surface area contributed by atoms with Crippen molar-refractivity contribution in [1.29, 1.82) is 0 Å². The van der Waals surface area contributed by atoms with Gasteiger partial charge in [-0.2, -0.15) is 0 Å². The number of nitrogen functional groups attached to an aromatic ring is 1. The minimum atomic E-state index is -0.0943. The molecule has 3 unspecified atom stereocenters. The molecule has 19 heavy (non-hydrogen) atoms. The first kappa shape index (κ1) is 12.4. The molecule has 6 nitrogen and oxygen atoms in total. The molecular formula is C13H18N4O2. The fourth-order valence-electron chi connectivity index (χ4n) is 2.92. The summed E-state index contributed by atoms with van der Waals surface area (Å²) in [7, 11) is 0. The summed E-state index contributed by atoms with van der Waals surface area (Å²) in [6.45, 7) is 1.83. The Morgan fingerprint density at radius 1 is 1.47 bits per heavy atom. The fourth-order valence-corrected chi connectivity index (χ4v) is 2.92. The molecule has 4 N–H and O–H groups in total. The number of hydrogen-bond donors (Lipinski definition) is 3. The average Bonchev–Trinajstić information content (AvgIpc) is 3.00. The smallest absolute Gasteiger partial charge is 0.251 e. The van der Waals surface area contributed by atoms with Crippen LogP contribution in [0.2, 0.25) is 0 Å². The average molecular weight is 262 g/mol. The van der Waals surface area contributed by atoms with Gasteiger partial charge in [0, 0.05) is 11.3 Å². The largest absolute Gasteiger partial charge is 0.373 e. The van der Waals surface area contributed by atoms with E-state index in [9.17, 15) is 4.79 Å². The van der Waals surface area contributed by atoms with Crippen molar-refractivity contribution in [2.24, 2.45) is 5.84 Å². The van der Waals surface area contributed by atoms with Crippen LogP contribution in [0.4, 0.5) is 5.82 Å². The van der Waals surface area contributed by atoms with Gasteiger partial charge in [0.05, 0.1) is 18.2 Å². The summed E-state index contributed by atoms with van der Waals surface area (Å²) in [5.74, 6) is 5.74. The second kappa shape index (κ2) is 4.79. The lowest BCUT2D eigenvalue weighted by Crippen LogP contribution is -2.41. The van der Waals surface area contributed by atoms with Crippen molar-refractivity contribution in [3.8, 4) is 0 Å². The first-order chi connectivity index (χ1) is 9.15. The Balaban J connectivity index is 1.72. The third kappa shape index (κ3) is 2.41. The van der Waals surface area contributed by atoms with E-state index in [1.54, 1.807) is 12.1 Å². The number of hydrazine groups is 1. The number of nitrogens with one attached hydrogen (secondary N) is 2. The molecule has 102 valence electrons. The van der Waals surface area contributed by atoms with E-state index in [0.29, 0.717) is 17.5 Å². The molecule has 0 spiro atoms.